The van der Waals surface area contributed by atoms with Crippen molar-refractivity contribution in [3.05, 3.63) is 60.7 Å². The number of aromatic nitrogens is 2. The predicted octanol–water partition coefficient (Wildman–Crippen LogP) is 3.29. The Morgan fingerprint density at radius 3 is 2.68 bits per heavy atom. The maximum absolute atomic E-state index is 13.1. The third kappa shape index (κ3) is 2.99. The topological polar surface area (TPSA) is 60.9 Å². The zero-order valence-corrected chi connectivity index (χ0v) is 11.9. The summed E-state index contributed by atoms with van der Waals surface area (Å²) in [7, 11) is 0. The highest BCUT2D eigenvalue weighted by Crippen LogP contribution is 2.31. The van der Waals surface area contributed by atoms with Gasteiger partial charge in [-0.05, 0) is 35.9 Å². The number of hydrogen-bond donors (Lipinski definition) is 3. The molecule has 0 saturated heterocycles. The van der Waals surface area contributed by atoms with E-state index in [2.05, 4.69) is 15.3 Å². The number of anilines is 1. The Morgan fingerprint density at radius 1 is 1.09 bits per heavy atom. The fourth-order valence-corrected chi connectivity index (χ4v) is 2.34. The van der Waals surface area contributed by atoms with Crippen molar-refractivity contribution < 1.29 is 9.50 Å². The molecule has 0 spiro atoms. The highest BCUT2D eigenvalue weighted by Gasteiger charge is 2.09. The van der Waals surface area contributed by atoms with Gasteiger partial charge in [-0.15, -0.1) is 0 Å². The number of nitrogens with zero attached hydrogens (tertiary/aromatic N) is 1. The number of aromatic amines is 1. The summed E-state index contributed by atoms with van der Waals surface area (Å²) in [5, 5.41) is 11.9. The van der Waals surface area contributed by atoms with Gasteiger partial charge in [-0.3, -0.25) is 0 Å². The number of rotatable bonds is 5. The molecule has 2 aromatic heterocycles. The quantitative estimate of drug-likeness (QED) is 0.677. The average molecular weight is 297 g/mol. The highest BCUT2D eigenvalue weighted by atomic mass is 19.1. The first-order chi connectivity index (χ1) is 10.8. The summed E-state index contributed by atoms with van der Waals surface area (Å²) >= 11 is 0. The maximum Gasteiger partial charge on any atom is 0.126 e. The van der Waals surface area contributed by atoms with Crippen LogP contribution in [0.3, 0.4) is 0 Å². The molecule has 0 radical (unpaired) electrons. The lowest BCUT2D eigenvalue weighted by molar-refractivity contribution is 0.311. The second-order valence-electron chi connectivity index (χ2n) is 4.85. The number of aliphatic hydroxyl groups is 1. The van der Waals surface area contributed by atoms with Crippen LogP contribution in [0.2, 0.25) is 0 Å². The molecule has 0 aliphatic carbocycles. The van der Waals surface area contributed by atoms with Gasteiger partial charge in [0.05, 0.1) is 12.3 Å². The molecule has 0 bridgehead atoms. The number of H-pyrrole nitrogens is 1. The SMILES string of the molecule is OCCNc1cc(-c2[nH]ccc2-c2ccc(F)cc2)ccn1. The van der Waals surface area contributed by atoms with E-state index < -0.39 is 0 Å². The number of hydrogen-bond acceptors (Lipinski definition) is 3. The summed E-state index contributed by atoms with van der Waals surface area (Å²) in [5.41, 5.74) is 3.86. The van der Waals surface area contributed by atoms with Crippen molar-refractivity contribution in [1.82, 2.24) is 9.97 Å². The van der Waals surface area contributed by atoms with E-state index in [9.17, 15) is 4.39 Å². The molecule has 0 fully saturated rings. The third-order valence-corrected chi connectivity index (χ3v) is 3.37. The molecule has 1 aromatic carbocycles. The Morgan fingerprint density at radius 2 is 1.91 bits per heavy atom. The molecule has 112 valence electrons. The van der Waals surface area contributed by atoms with Crippen LogP contribution in [0.25, 0.3) is 22.4 Å². The molecule has 0 aliphatic heterocycles. The van der Waals surface area contributed by atoms with E-state index in [-0.39, 0.29) is 12.4 Å². The van der Waals surface area contributed by atoms with Crippen LogP contribution in [0, 0.1) is 5.82 Å². The molecule has 3 N–H and O–H groups in total. The molecule has 0 amide bonds. The van der Waals surface area contributed by atoms with Crippen molar-refractivity contribution in [2.24, 2.45) is 0 Å². The normalized spacial score (nSPS) is 10.6. The number of benzene rings is 1. The van der Waals surface area contributed by atoms with Gasteiger partial charge in [-0.2, -0.15) is 0 Å². The van der Waals surface area contributed by atoms with Gasteiger partial charge in [0.15, 0.2) is 0 Å². The van der Waals surface area contributed by atoms with Crippen LogP contribution < -0.4 is 5.32 Å². The van der Waals surface area contributed by atoms with Crippen LogP contribution >= 0.6 is 0 Å². The Hall–Kier alpha value is -2.66. The minimum atomic E-state index is -0.250. The zero-order valence-electron chi connectivity index (χ0n) is 11.9. The fraction of sp³-hybridized carbons (Fsp3) is 0.118. The van der Waals surface area contributed by atoms with Crippen LogP contribution in [-0.4, -0.2) is 28.2 Å². The van der Waals surface area contributed by atoms with E-state index in [1.165, 1.54) is 12.1 Å². The molecule has 3 rings (SSSR count). The maximum atomic E-state index is 13.1. The third-order valence-electron chi connectivity index (χ3n) is 3.37. The van der Waals surface area contributed by atoms with Crippen molar-refractivity contribution in [1.29, 1.82) is 0 Å². The predicted molar refractivity (Wildman–Crippen MR) is 85.0 cm³/mol. The summed E-state index contributed by atoms with van der Waals surface area (Å²) in [5.74, 6) is 0.450. The Kier molecular flexibility index (Phi) is 4.16. The van der Waals surface area contributed by atoms with Crippen molar-refractivity contribution in [2.75, 3.05) is 18.5 Å². The minimum Gasteiger partial charge on any atom is -0.395 e. The number of aliphatic hydroxyl groups excluding tert-OH is 1. The average Bonchev–Trinajstić information content (AvgIpc) is 3.03. The van der Waals surface area contributed by atoms with Crippen LogP contribution in [0.1, 0.15) is 0 Å². The van der Waals surface area contributed by atoms with Gasteiger partial charge in [0, 0.05) is 30.1 Å². The Labute approximate surface area is 127 Å². The summed E-state index contributed by atoms with van der Waals surface area (Å²) < 4.78 is 13.1. The fourth-order valence-electron chi connectivity index (χ4n) is 2.34. The molecule has 5 heteroatoms. The highest BCUT2D eigenvalue weighted by molar-refractivity contribution is 5.81. The number of nitrogens with one attached hydrogen (secondary N) is 2. The van der Waals surface area contributed by atoms with E-state index in [1.54, 1.807) is 18.3 Å². The lowest BCUT2D eigenvalue weighted by Gasteiger charge is -2.08. The van der Waals surface area contributed by atoms with E-state index in [0.717, 1.165) is 22.4 Å². The van der Waals surface area contributed by atoms with Crippen LogP contribution in [-0.2, 0) is 0 Å². The van der Waals surface area contributed by atoms with Gasteiger partial charge in [-0.1, -0.05) is 12.1 Å². The first kappa shape index (κ1) is 14.3. The molecular weight excluding hydrogens is 281 g/mol. The Balaban J connectivity index is 1.96. The monoisotopic (exact) mass is 297 g/mol. The molecule has 4 nitrogen and oxygen atoms in total. The lowest BCUT2D eigenvalue weighted by atomic mass is 10.0. The molecular formula is C17H16FN3O. The Bertz CT molecular complexity index is 753. The van der Waals surface area contributed by atoms with Crippen molar-refractivity contribution >= 4 is 5.82 Å². The summed E-state index contributed by atoms with van der Waals surface area (Å²) in [6, 6.07) is 12.2. The standard InChI is InChI=1S/C17H16FN3O/c18-14-3-1-12(2-4-14)15-6-8-21-17(15)13-5-7-19-16(11-13)20-9-10-22/h1-8,11,21-22H,9-10H2,(H,19,20). The van der Waals surface area contributed by atoms with E-state index in [4.69, 9.17) is 5.11 Å². The van der Waals surface area contributed by atoms with E-state index in [0.29, 0.717) is 12.4 Å². The smallest absolute Gasteiger partial charge is 0.126 e. The van der Waals surface area contributed by atoms with Gasteiger partial charge in [0.1, 0.15) is 11.6 Å². The second kappa shape index (κ2) is 6.41. The zero-order chi connectivity index (χ0) is 15.4. The van der Waals surface area contributed by atoms with E-state index in [1.807, 2.05) is 24.4 Å². The molecule has 2 heterocycles. The molecule has 0 saturated carbocycles. The lowest BCUT2D eigenvalue weighted by Crippen LogP contribution is -2.06. The molecule has 0 aliphatic rings. The summed E-state index contributed by atoms with van der Waals surface area (Å²) in [6.07, 6.45) is 3.57. The summed E-state index contributed by atoms with van der Waals surface area (Å²) in [6.45, 7) is 0.501. The van der Waals surface area contributed by atoms with Crippen LogP contribution in [0.4, 0.5) is 10.2 Å². The first-order valence-electron chi connectivity index (χ1n) is 7.02. The van der Waals surface area contributed by atoms with Gasteiger partial charge in [0.25, 0.3) is 0 Å². The van der Waals surface area contributed by atoms with Gasteiger partial charge in [0.2, 0.25) is 0 Å². The van der Waals surface area contributed by atoms with Crippen molar-refractivity contribution in [2.45, 2.75) is 0 Å². The van der Waals surface area contributed by atoms with Gasteiger partial charge in [-0.25, -0.2) is 9.37 Å². The largest absolute Gasteiger partial charge is 0.395 e. The molecule has 0 atom stereocenters. The number of halogens is 1. The summed E-state index contributed by atoms with van der Waals surface area (Å²) in [4.78, 5) is 7.43. The first-order valence-corrected chi connectivity index (χ1v) is 7.02. The van der Waals surface area contributed by atoms with E-state index >= 15 is 0 Å². The van der Waals surface area contributed by atoms with Crippen molar-refractivity contribution in [3.8, 4) is 22.4 Å². The molecule has 3 aromatic rings. The minimum absolute atomic E-state index is 0.0508. The van der Waals surface area contributed by atoms with Gasteiger partial charge < -0.3 is 15.4 Å². The molecule has 22 heavy (non-hydrogen) atoms. The van der Waals surface area contributed by atoms with Crippen molar-refractivity contribution in [3.63, 3.8) is 0 Å². The number of pyridine rings is 1. The second-order valence-corrected chi connectivity index (χ2v) is 4.85. The van der Waals surface area contributed by atoms with Gasteiger partial charge >= 0.3 is 0 Å². The molecule has 0 unspecified atom stereocenters. The van der Waals surface area contributed by atoms with Crippen LogP contribution in [0.5, 0.6) is 0 Å². The van der Waals surface area contributed by atoms with Crippen LogP contribution in [0.15, 0.2) is 54.9 Å².